The summed E-state index contributed by atoms with van der Waals surface area (Å²) in [5.74, 6) is 6.04. The van der Waals surface area contributed by atoms with Crippen LogP contribution in [0.4, 0.5) is 0 Å². The minimum Gasteiger partial charge on any atom is -0.380 e. The van der Waals surface area contributed by atoms with Gasteiger partial charge in [-0.15, -0.1) is 0 Å². The summed E-state index contributed by atoms with van der Waals surface area (Å²) in [5, 5.41) is 19.3. The van der Waals surface area contributed by atoms with E-state index in [4.69, 9.17) is 0 Å². The fourth-order valence-corrected chi connectivity index (χ4v) is 1.58. The van der Waals surface area contributed by atoms with E-state index in [1.807, 2.05) is 0 Å². The summed E-state index contributed by atoms with van der Waals surface area (Å²) >= 11 is 0. The van der Waals surface area contributed by atoms with Crippen LogP contribution < -0.4 is 0 Å². The van der Waals surface area contributed by atoms with Crippen LogP contribution in [0.15, 0.2) is 0 Å². The molecular weight excluding hydrogens is 224 g/mol. The lowest BCUT2D eigenvalue weighted by molar-refractivity contribution is 0.178. The summed E-state index contributed by atoms with van der Waals surface area (Å²) in [7, 11) is 0. The summed E-state index contributed by atoms with van der Waals surface area (Å²) in [6.45, 7) is 10.9. The van der Waals surface area contributed by atoms with Crippen LogP contribution >= 0.6 is 0 Å². The van der Waals surface area contributed by atoms with Crippen LogP contribution in [0.1, 0.15) is 66.7 Å². The zero-order valence-corrected chi connectivity index (χ0v) is 12.7. The molecular formula is C16H30O2. The molecule has 0 saturated carbocycles. The third-order valence-corrected chi connectivity index (χ3v) is 3.60. The Balaban J connectivity index is 3.97. The van der Waals surface area contributed by atoms with E-state index >= 15 is 0 Å². The van der Waals surface area contributed by atoms with Gasteiger partial charge >= 0.3 is 0 Å². The fraction of sp³-hybridized carbons (Fsp3) is 0.875. The average molecular weight is 254 g/mol. The molecule has 0 aliphatic carbocycles. The second kappa shape index (κ2) is 8.56. The van der Waals surface area contributed by atoms with E-state index in [0.29, 0.717) is 18.8 Å². The van der Waals surface area contributed by atoms with E-state index in [1.165, 1.54) is 0 Å². The molecule has 2 nitrogen and oxygen atoms in total. The first-order valence-electron chi connectivity index (χ1n) is 7.14. The Labute approximate surface area is 113 Å². The minimum atomic E-state index is -0.605. The standard InChI is InChI=1S/C16H30O2/c1-6-7-8-14(17)11-12-15(18)10-9-13(2)16(3,4)5/h13-15,17-18H,6-10H2,1-5H3. The molecule has 0 spiro atoms. The summed E-state index contributed by atoms with van der Waals surface area (Å²) in [5.41, 5.74) is 0.272. The second-order valence-corrected chi connectivity index (χ2v) is 6.31. The van der Waals surface area contributed by atoms with Crippen LogP contribution in [0.5, 0.6) is 0 Å². The Morgan fingerprint density at radius 2 is 1.44 bits per heavy atom. The number of aliphatic hydroxyl groups is 2. The van der Waals surface area contributed by atoms with Crippen LogP contribution in [-0.2, 0) is 0 Å². The molecule has 0 heterocycles. The first kappa shape index (κ1) is 17.5. The molecule has 0 aromatic carbocycles. The maximum Gasteiger partial charge on any atom is 0.114 e. The van der Waals surface area contributed by atoms with E-state index in [-0.39, 0.29) is 5.41 Å². The molecule has 0 radical (unpaired) electrons. The fourth-order valence-electron chi connectivity index (χ4n) is 1.58. The molecule has 0 aliphatic rings. The highest BCUT2D eigenvalue weighted by Gasteiger charge is 2.20. The van der Waals surface area contributed by atoms with Gasteiger partial charge in [-0.2, -0.15) is 0 Å². The highest BCUT2D eigenvalue weighted by atomic mass is 16.3. The molecule has 0 aliphatic heterocycles. The lowest BCUT2D eigenvalue weighted by Crippen LogP contribution is -2.19. The molecule has 0 rings (SSSR count). The van der Waals surface area contributed by atoms with Gasteiger partial charge < -0.3 is 10.2 Å². The average Bonchev–Trinajstić information content (AvgIpc) is 2.29. The molecule has 0 aromatic rings. The predicted molar refractivity (Wildman–Crippen MR) is 77.2 cm³/mol. The van der Waals surface area contributed by atoms with Crippen molar-refractivity contribution in [3.63, 3.8) is 0 Å². The van der Waals surface area contributed by atoms with Gasteiger partial charge in [0.15, 0.2) is 0 Å². The van der Waals surface area contributed by atoms with E-state index in [0.717, 1.165) is 19.3 Å². The molecule has 18 heavy (non-hydrogen) atoms. The molecule has 3 atom stereocenters. The number of rotatable bonds is 6. The summed E-state index contributed by atoms with van der Waals surface area (Å²) < 4.78 is 0. The highest BCUT2D eigenvalue weighted by molar-refractivity contribution is 5.08. The molecule has 0 fully saturated rings. The SMILES string of the molecule is CCCCC(O)C#CC(O)CCC(C)C(C)(C)C. The van der Waals surface area contributed by atoms with Crippen molar-refractivity contribution in [3.05, 3.63) is 0 Å². The van der Waals surface area contributed by atoms with Gasteiger partial charge in [-0.05, 0) is 30.6 Å². The molecule has 2 heteroatoms. The molecule has 0 bridgehead atoms. The maximum absolute atomic E-state index is 9.75. The first-order valence-corrected chi connectivity index (χ1v) is 7.14. The van der Waals surface area contributed by atoms with Crippen LogP contribution in [0.25, 0.3) is 0 Å². The van der Waals surface area contributed by atoms with Gasteiger partial charge in [0.2, 0.25) is 0 Å². The third-order valence-electron chi connectivity index (χ3n) is 3.60. The monoisotopic (exact) mass is 254 g/mol. The third kappa shape index (κ3) is 8.55. The van der Waals surface area contributed by atoms with E-state index in [2.05, 4.69) is 46.5 Å². The zero-order chi connectivity index (χ0) is 14.2. The number of hydrogen-bond acceptors (Lipinski definition) is 2. The van der Waals surface area contributed by atoms with Gasteiger partial charge in [-0.1, -0.05) is 59.3 Å². The van der Waals surface area contributed by atoms with Gasteiger partial charge in [-0.25, -0.2) is 0 Å². The maximum atomic E-state index is 9.75. The largest absolute Gasteiger partial charge is 0.380 e. The minimum absolute atomic E-state index is 0.272. The number of hydrogen-bond donors (Lipinski definition) is 2. The van der Waals surface area contributed by atoms with E-state index < -0.39 is 12.2 Å². The Bertz CT molecular complexity index is 267. The summed E-state index contributed by atoms with van der Waals surface area (Å²) in [6.07, 6.45) is 3.20. The number of aliphatic hydroxyl groups excluding tert-OH is 2. The van der Waals surface area contributed by atoms with Crippen molar-refractivity contribution < 1.29 is 10.2 Å². The van der Waals surface area contributed by atoms with Crippen LogP contribution in [-0.4, -0.2) is 22.4 Å². The van der Waals surface area contributed by atoms with Crippen molar-refractivity contribution in [2.75, 3.05) is 0 Å². The molecule has 3 unspecified atom stereocenters. The second-order valence-electron chi connectivity index (χ2n) is 6.31. The molecule has 2 N–H and O–H groups in total. The Morgan fingerprint density at radius 1 is 0.944 bits per heavy atom. The van der Waals surface area contributed by atoms with Crippen molar-refractivity contribution >= 4 is 0 Å². The van der Waals surface area contributed by atoms with Gasteiger partial charge in [0.25, 0.3) is 0 Å². The van der Waals surface area contributed by atoms with Crippen molar-refractivity contribution in [1.29, 1.82) is 0 Å². The van der Waals surface area contributed by atoms with Crippen molar-refractivity contribution in [2.24, 2.45) is 11.3 Å². The van der Waals surface area contributed by atoms with Crippen LogP contribution in [0.2, 0.25) is 0 Å². The quantitative estimate of drug-likeness (QED) is 0.714. The van der Waals surface area contributed by atoms with E-state index in [1.54, 1.807) is 0 Å². The van der Waals surface area contributed by atoms with Crippen LogP contribution in [0, 0.1) is 23.2 Å². The molecule has 0 saturated heterocycles. The molecule has 0 amide bonds. The van der Waals surface area contributed by atoms with Gasteiger partial charge in [0, 0.05) is 0 Å². The Morgan fingerprint density at radius 3 is 1.89 bits per heavy atom. The number of unbranched alkanes of at least 4 members (excludes halogenated alkanes) is 1. The lowest BCUT2D eigenvalue weighted by atomic mass is 9.79. The van der Waals surface area contributed by atoms with Crippen molar-refractivity contribution in [2.45, 2.75) is 78.9 Å². The highest BCUT2D eigenvalue weighted by Crippen LogP contribution is 2.29. The normalized spacial score (nSPS) is 16.6. The molecule has 0 aromatic heterocycles. The smallest absolute Gasteiger partial charge is 0.114 e. The lowest BCUT2D eigenvalue weighted by Gasteiger charge is -2.27. The predicted octanol–water partition coefficient (Wildman–Crippen LogP) is 3.36. The molecule has 106 valence electrons. The Kier molecular flexibility index (Phi) is 8.31. The van der Waals surface area contributed by atoms with Gasteiger partial charge in [-0.3, -0.25) is 0 Å². The van der Waals surface area contributed by atoms with Crippen molar-refractivity contribution in [1.82, 2.24) is 0 Å². The Hall–Kier alpha value is -0.520. The first-order chi connectivity index (χ1) is 8.27. The zero-order valence-electron chi connectivity index (χ0n) is 12.7. The summed E-state index contributed by atoms with van der Waals surface area (Å²) in [6, 6.07) is 0. The summed E-state index contributed by atoms with van der Waals surface area (Å²) in [4.78, 5) is 0. The van der Waals surface area contributed by atoms with E-state index in [9.17, 15) is 10.2 Å². The van der Waals surface area contributed by atoms with Gasteiger partial charge in [0.05, 0.1) is 0 Å². The van der Waals surface area contributed by atoms with Crippen LogP contribution in [0.3, 0.4) is 0 Å². The van der Waals surface area contributed by atoms with Crippen molar-refractivity contribution in [3.8, 4) is 11.8 Å². The topological polar surface area (TPSA) is 40.5 Å². The van der Waals surface area contributed by atoms with Gasteiger partial charge in [0.1, 0.15) is 12.2 Å².